The van der Waals surface area contributed by atoms with Crippen LogP contribution in [0.5, 0.6) is 0 Å². The summed E-state index contributed by atoms with van der Waals surface area (Å²) in [4.78, 5) is 2.66. The molecule has 1 saturated heterocycles. The Hall–Kier alpha value is -2.07. The molecule has 0 aromatic heterocycles. The lowest BCUT2D eigenvalue weighted by molar-refractivity contribution is 0.145. The van der Waals surface area contributed by atoms with E-state index >= 15 is 0 Å². The van der Waals surface area contributed by atoms with Gasteiger partial charge >= 0.3 is 0 Å². The van der Waals surface area contributed by atoms with Gasteiger partial charge in [-0.25, -0.2) is 0 Å². The standard InChI is InChI=1S/C29H36N2S/c1-24-23-31(25(2)22-30-24)20-12-13-21-32-29(26-14-6-3-7-15-26,27-16-8-4-9-17-27)28-18-10-5-11-19-28/h3-11,14-19,24-25,30H,12-13,20-23H2,1-2H3. The van der Waals surface area contributed by atoms with E-state index in [-0.39, 0.29) is 4.75 Å². The van der Waals surface area contributed by atoms with Crippen molar-refractivity contribution >= 4 is 11.8 Å². The predicted molar refractivity (Wildman–Crippen MR) is 139 cm³/mol. The van der Waals surface area contributed by atoms with Gasteiger partial charge in [-0.3, -0.25) is 4.90 Å². The summed E-state index contributed by atoms with van der Waals surface area (Å²) in [5.74, 6) is 1.13. The number of nitrogens with zero attached hydrogens (tertiary/aromatic N) is 1. The van der Waals surface area contributed by atoms with Gasteiger partial charge in [-0.1, -0.05) is 91.0 Å². The van der Waals surface area contributed by atoms with Crippen molar-refractivity contribution in [3.05, 3.63) is 108 Å². The topological polar surface area (TPSA) is 15.3 Å². The van der Waals surface area contributed by atoms with Crippen molar-refractivity contribution in [2.45, 2.75) is 43.5 Å². The maximum Gasteiger partial charge on any atom is 0.0906 e. The Labute approximate surface area is 198 Å². The van der Waals surface area contributed by atoms with Gasteiger partial charge in [0.15, 0.2) is 0 Å². The van der Waals surface area contributed by atoms with E-state index in [1.54, 1.807) is 0 Å². The van der Waals surface area contributed by atoms with Crippen molar-refractivity contribution in [1.29, 1.82) is 0 Å². The van der Waals surface area contributed by atoms with Crippen LogP contribution in [0.1, 0.15) is 43.4 Å². The Balaban J connectivity index is 1.54. The molecule has 1 heterocycles. The first-order valence-corrected chi connectivity index (χ1v) is 13.0. The lowest BCUT2D eigenvalue weighted by Crippen LogP contribution is -2.54. The molecule has 4 rings (SSSR count). The molecule has 168 valence electrons. The molecule has 0 bridgehead atoms. The van der Waals surface area contributed by atoms with Crippen LogP contribution in [0.15, 0.2) is 91.0 Å². The van der Waals surface area contributed by atoms with E-state index in [0.717, 1.165) is 18.8 Å². The molecule has 0 amide bonds. The van der Waals surface area contributed by atoms with Crippen LogP contribution >= 0.6 is 11.8 Å². The molecule has 3 heteroatoms. The van der Waals surface area contributed by atoms with Crippen LogP contribution in [-0.4, -0.2) is 42.4 Å². The normalized spacial score (nSPS) is 19.7. The van der Waals surface area contributed by atoms with Crippen molar-refractivity contribution in [3.63, 3.8) is 0 Å². The molecule has 3 aromatic carbocycles. The molecule has 2 nitrogen and oxygen atoms in total. The van der Waals surface area contributed by atoms with E-state index < -0.39 is 0 Å². The fraction of sp³-hybridized carbons (Fsp3) is 0.379. The van der Waals surface area contributed by atoms with Gasteiger partial charge in [-0.2, -0.15) is 0 Å². The third-order valence-corrected chi connectivity index (χ3v) is 8.23. The lowest BCUT2D eigenvalue weighted by atomic mass is 9.84. The zero-order valence-corrected chi connectivity index (χ0v) is 20.2. The molecular formula is C29H36N2S. The number of benzene rings is 3. The van der Waals surface area contributed by atoms with Crippen LogP contribution in [-0.2, 0) is 4.75 Å². The third kappa shape index (κ3) is 5.28. The monoisotopic (exact) mass is 444 g/mol. The first-order valence-electron chi connectivity index (χ1n) is 12.0. The fourth-order valence-electron chi connectivity index (χ4n) is 4.82. The molecule has 0 aliphatic carbocycles. The summed E-state index contributed by atoms with van der Waals surface area (Å²) >= 11 is 2.09. The SMILES string of the molecule is CC1CN(CCCCSC(c2ccccc2)(c2ccccc2)c2ccccc2)C(C)CN1. The van der Waals surface area contributed by atoms with E-state index in [2.05, 4.69) is 127 Å². The van der Waals surface area contributed by atoms with Crippen LogP contribution in [0.3, 0.4) is 0 Å². The Morgan fingerprint density at radius 2 is 1.28 bits per heavy atom. The summed E-state index contributed by atoms with van der Waals surface area (Å²) in [6.45, 7) is 8.11. The molecule has 1 N–H and O–H groups in total. The minimum Gasteiger partial charge on any atom is -0.311 e. The Morgan fingerprint density at radius 1 is 0.781 bits per heavy atom. The summed E-state index contributed by atoms with van der Waals surface area (Å²) < 4.78 is -0.194. The van der Waals surface area contributed by atoms with Crippen molar-refractivity contribution in [2.24, 2.45) is 0 Å². The highest BCUT2D eigenvalue weighted by atomic mass is 32.2. The second-order valence-corrected chi connectivity index (χ2v) is 10.3. The summed E-state index contributed by atoms with van der Waals surface area (Å²) in [5.41, 5.74) is 4.06. The van der Waals surface area contributed by atoms with Gasteiger partial charge in [0.1, 0.15) is 0 Å². The summed E-state index contributed by atoms with van der Waals surface area (Å²) in [6, 6.07) is 34.3. The molecule has 1 fully saturated rings. The number of unbranched alkanes of at least 4 members (excludes halogenated alkanes) is 1. The number of nitrogens with one attached hydrogen (secondary N) is 1. The number of piperazine rings is 1. The number of rotatable bonds is 9. The van der Waals surface area contributed by atoms with Crippen LogP contribution in [0.4, 0.5) is 0 Å². The molecule has 0 spiro atoms. The van der Waals surface area contributed by atoms with Gasteiger partial charge < -0.3 is 5.32 Å². The van der Waals surface area contributed by atoms with E-state index in [4.69, 9.17) is 0 Å². The number of thioether (sulfide) groups is 1. The van der Waals surface area contributed by atoms with Crippen molar-refractivity contribution in [2.75, 3.05) is 25.4 Å². The van der Waals surface area contributed by atoms with Crippen LogP contribution in [0.2, 0.25) is 0 Å². The highest BCUT2D eigenvalue weighted by Crippen LogP contribution is 2.48. The van der Waals surface area contributed by atoms with Gasteiger partial charge in [0, 0.05) is 25.2 Å². The Morgan fingerprint density at radius 3 is 1.78 bits per heavy atom. The van der Waals surface area contributed by atoms with E-state index in [1.165, 1.54) is 36.1 Å². The zero-order valence-electron chi connectivity index (χ0n) is 19.4. The molecule has 1 aliphatic heterocycles. The van der Waals surface area contributed by atoms with Gasteiger partial charge in [0.25, 0.3) is 0 Å². The second-order valence-electron chi connectivity index (χ2n) is 8.99. The summed E-state index contributed by atoms with van der Waals surface area (Å²) in [7, 11) is 0. The third-order valence-electron chi connectivity index (χ3n) is 6.59. The van der Waals surface area contributed by atoms with Crippen LogP contribution in [0, 0.1) is 0 Å². The number of hydrogen-bond acceptors (Lipinski definition) is 3. The van der Waals surface area contributed by atoms with E-state index in [9.17, 15) is 0 Å². The fourth-order valence-corrected chi connectivity index (χ4v) is 6.38. The van der Waals surface area contributed by atoms with E-state index in [0.29, 0.717) is 12.1 Å². The quantitative estimate of drug-likeness (QED) is 0.314. The highest BCUT2D eigenvalue weighted by molar-refractivity contribution is 8.00. The van der Waals surface area contributed by atoms with Gasteiger partial charge in [0.05, 0.1) is 4.75 Å². The van der Waals surface area contributed by atoms with Crippen molar-refractivity contribution in [1.82, 2.24) is 10.2 Å². The molecule has 2 unspecified atom stereocenters. The Bertz CT molecular complexity index is 832. The maximum absolute atomic E-state index is 3.59. The van der Waals surface area contributed by atoms with Gasteiger partial charge in [-0.15, -0.1) is 11.8 Å². The van der Waals surface area contributed by atoms with Crippen LogP contribution < -0.4 is 5.32 Å². The molecule has 32 heavy (non-hydrogen) atoms. The molecule has 3 aromatic rings. The average molecular weight is 445 g/mol. The summed E-state index contributed by atoms with van der Waals surface area (Å²) in [6.07, 6.45) is 2.47. The smallest absolute Gasteiger partial charge is 0.0906 e. The number of hydrogen-bond donors (Lipinski definition) is 1. The zero-order chi connectivity index (χ0) is 22.2. The lowest BCUT2D eigenvalue weighted by Gasteiger charge is -2.38. The minimum atomic E-state index is -0.194. The van der Waals surface area contributed by atoms with Crippen molar-refractivity contribution < 1.29 is 0 Å². The molecule has 1 aliphatic rings. The maximum atomic E-state index is 3.59. The first-order chi connectivity index (χ1) is 15.7. The Kier molecular flexibility index (Phi) is 8.07. The average Bonchev–Trinajstić information content (AvgIpc) is 2.85. The minimum absolute atomic E-state index is 0.194. The largest absolute Gasteiger partial charge is 0.311 e. The molecule has 0 saturated carbocycles. The van der Waals surface area contributed by atoms with Gasteiger partial charge in [-0.05, 0) is 55.7 Å². The van der Waals surface area contributed by atoms with Crippen molar-refractivity contribution in [3.8, 4) is 0 Å². The molecular weight excluding hydrogens is 408 g/mol. The molecule has 2 atom stereocenters. The summed E-state index contributed by atoms with van der Waals surface area (Å²) in [5, 5.41) is 3.59. The molecule has 0 radical (unpaired) electrons. The highest BCUT2D eigenvalue weighted by Gasteiger charge is 2.36. The van der Waals surface area contributed by atoms with E-state index in [1.807, 2.05) is 0 Å². The van der Waals surface area contributed by atoms with Crippen LogP contribution in [0.25, 0.3) is 0 Å². The first kappa shape index (κ1) is 23.1. The second kappa shape index (κ2) is 11.2. The predicted octanol–water partition coefficient (Wildman–Crippen LogP) is 6.17. The van der Waals surface area contributed by atoms with Gasteiger partial charge in [0.2, 0.25) is 0 Å².